The fourth-order valence-electron chi connectivity index (χ4n) is 1.81. The van der Waals surface area contributed by atoms with Crippen LogP contribution in [0.3, 0.4) is 0 Å². The summed E-state index contributed by atoms with van der Waals surface area (Å²) in [5.41, 5.74) is 0. The maximum absolute atomic E-state index is 12.1. The molecule has 108 valence electrons. The molecule has 0 spiro atoms. The van der Waals surface area contributed by atoms with Gasteiger partial charge in [-0.25, -0.2) is 13.1 Å². The Kier molecular flexibility index (Phi) is 6.75. The Balaban J connectivity index is 2.67. The van der Waals surface area contributed by atoms with Gasteiger partial charge in [0.15, 0.2) is 0 Å². The van der Waals surface area contributed by atoms with Crippen molar-refractivity contribution in [2.45, 2.75) is 44.4 Å². The topological polar surface area (TPSA) is 59.1 Å². The predicted molar refractivity (Wildman–Crippen MR) is 77.7 cm³/mol. The summed E-state index contributed by atoms with van der Waals surface area (Å²) in [5, 5.41) is 0.198. The number of aromatic nitrogens is 1. The van der Waals surface area contributed by atoms with Crippen molar-refractivity contribution >= 4 is 21.6 Å². The number of hydrogen-bond donors (Lipinski definition) is 1. The second-order valence-corrected chi connectivity index (χ2v) is 6.72. The Hall–Kier alpha value is -0.650. The maximum Gasteiger partial charge on any atom is 0.243 e. The maximum atomic E-state index is 12.1. The summed E-state index contributed by atoms with van der Waals surface area (Å²) >= 11 is 5.88. The molecule has 1 N–H and O–H groups in total. The van der Waals surface area contributed by atoms with Crippen molar-refractivity contribution in [3.8, 4) is 0 Å². The highest BCUT2D eigenvalue weighted by Gasteiger charge is 2.19. The minimum Gasteiger partial charge on any atom is -0.263 e. The summed E-state index contributed by atoms with van der Waals surface area (Å²) in [6.07, 6.45) is 6.99. The highest BCUT2D eigenvalue weighted by Crippen LogP contribution is 2.19. The van der Waals surface area contributed by atoms with E-state index in [1.54, 1.807) is 0 Å². The third-order valence-corrected chi connectivity index (χ3v) is 5.02. The van der Waals surface area contributed by atoms with Gasteiger partial charge < -0.3 is 0 Å². The van der Waals surface area contributed by atoms with Crippen LogP contribution in [0.1, 0.15) is 39.5 Å². The minimum absolute atomic E-state index is 0.0435. The molecule has 0 amide bonds. The van der Waals surface area contributed by atoms with Crippen LogP contribution in [0.15, 0.2) is 23.4 Å². The van der Waals surface area contributed by atoms with Gasteiger partial charge in [0.25, 0.3) is 0 Å². The van der Waals surface area contributed by atoms with Gasteiger partial charge in [-0.05, 0) is 18.4 Å². The van der Waals surface area contributed by atoms with Crippen molar-refractivity contribution in [2.75, 3.05) is 6.54 Å². The van der Waals surface area contributed by atoms with Gasteiger partial charge in [-0.1, -0.05) is 44.7 Å². The average Bonchev–Trinajstić information content (AvgIpc) is 2.39. The molecule has 0 radical (unpaired) electrons. The van der Waals surface area contributed by atoms with E-state index in [1.165, 1.54) is 18.5 Å². The van der Waals surface area contributed by atoms with Gasteiger partial charge >= 0.3 is 0 Å². The smallest absolute Gasteiger partial charge is 0.243 e. The third kappa shape index (κ3) is 5.09. The molecule has 0 bridgehead atoms. The molecule has 0 aliphatic heterocycles. The summed E-state index contributed by atoms with van der Waals surface area (Å²) in [4.78, 5) is 3.85. The first-order valence-electron chi connectivity index (χ1n) is 6.60. The number of unbranched alkanes of at least 4 members (excludes halogenated alkanes) is 1. The normalized spacial score (nSPS) is 13.4. The predicted octanol–water partition coefficient (Wildman–Crippen LogP) is 3.23. The first-order chi connectivity index (χ1) is 9.01. The largest absolute Gasteiger partial charge is 0.263 e. The summed E-state index contributed by atoms with van der Waals surface area (Å²) in [6.45, 7) is 4.65. The van der Waals surface area contributed by atoms with E-state index in [-0.39, 0.29) is 9.92 Å². The molecule has 19 heavy (non-hydrogen) atoms. The van der Waals surface area contributed by atoms with Crippen molar-refractivity contribution < 1.29 is 8.42 Å². The van der Waals surface area contributed by atoms with Crippen LogP contribution in [-0.2, 0) is 10.0 Å². The number of sulfonamides is 1. The number of rotatable bonds is 8. The van der Waals surface area contributed by atoms with Crippen LogP contribution in [0.5, 0.6) is 0 Å². The van der Waals surface area contributed by atoms with E-state index in [0.717, 1.165) is 25.7 Å². The van der Waals surface area contributed by atoms with Crippen LogP contribution < -0.4 is 4.72 Å². The number of halogens is 1. The molecule has 0 saturated carbocycles. The van der Waals surface area contributed by atoms with Gasteiger partial charge in [-0.2, -0.15) is 0 Å². The van der Waals surface area contributed by atoms with E-state index in [0.29, 0.717) is 12.5 Å². The van der Waals surface area contributed by atoms with E-state index in [4.69, 9.17) is 11.6 Å². The lowest BCUT2D eigenvalue weighted by Crippen LogP contribution is -2.29. The van der Waals surface area contributed by atoms with Crippen LogP contribution in [-0.4, -0.2) is 19.9 Å². The zero-order valence-corrected chi connectivity index (χ0v) is 13.0. The molecular weight excluding hydrogens is 284 g/mol. The lowest BCUT2D eigenvalue weighted by molar-refractivity contribution is 0.443. The first-order valence-corrected chi connectivity index (χ1v) is 8.46. The van der Waals surface area contributed by atoms with E-state index < -0.39 is 10.0 Å². The van der Waals surface area contributed by atoms with Crippen molar-refractivity contribution in [3.63, 3.8) is 0 Å². The number of nitrogens with one attached hydrogen (secondary N) is 1. The fourth-order valence-corrected chi connectivity index (χ4v) is 3.35. The lowest BCUT2D eigenvalue weighted by atomic mass is 10.00. The summed E-state index contributed by atoms with van der Waals surface area (Å²) in [5.74, 6) is 0.366. The van der Waals surface area contributed by atoms with Gasteiger partial charge in [-0.15, -0.1) is 0 Å². The molecule has 1 aromatic heterocycles. The minimum atomic E-state index is -3.57. The lowest BCUT2D eigenvalue weighted by Gasteiger charge is -2.15. The molecule has 1 rings (SSSR count). The Morgan fingerprint density at radius 3 is 2.74 bits per heavy atom. The van der Waals surface area contributed by atoms with Crippen molar-refractivity contribution in [1.29, 1.82) is 0 Å². The van der Waals surface area contributed by atoms with Crippen LogP contribution in [0.2, 0.25) is 5.02 Å². The number of pyridine rings is 1. The summed E-state index contributed by atoms with van der Waals surface area (Å²) in [6, 6.07) is 1.48. The Labute approximate surface area is 120 Å². The second-order valence-electron chi connectivity index (χ2n) is 4.57. The number of hydrogen-bond acceptors (Lipinski definition) is 3. The molecule has 4 nitrogen and oxygen atoms in total. The van der Waals surface area contributed by atoms with Crippen LogP contribution >= 0.6 is 11.6 Å². The molecular formula is C13H21ClN2O2S. The van der Waals surface area contributed by atoms with E-state index >= 15 is 0 Å². The second kappa shape index (κ2) is 7.82. The molecule has 1 unspecified atom stereocenters. The Morgan fingerprint density at radius 1 is 1.42 bits per heavy atom. The zero-order chi connectivity index (χ0) is 14.3. The van der Waals surface area contributed by atoms with Crippen LogP contribution in [0.25, 0.3) is 0 Å². The quantitative estimate of drug-likeness (QED) is 0.802. The monoisotopic (exact) mass is 304 g/mol. The highest BCUT2D eigenvalue weighted by molar-refractivity contribution is 7.89. The van der Waals surface area contributed by atoms with Gasteiger partial charge in [0.1, 0.15) is 4.90 Å². The van der Waals surface area contributed by atoms with Gasteiger partial charge in [0.2, 0.25) is 10.0 Å². The Morgan fingerprint density at radius 2 is 2.16 bits per heavy atom. The van der Waals surface area contributed by atoms with Crippen LogP contribution in [0, 0.1) is 5.92 Å². The molecule has 1 atom stereocenters. The fraction of sp³-hybridized carbons (Fsp3) is 0.615. The highest BCUT2D eigenvalue weighted by atomic mass is 35.5. The van der Waals surface area contributed by atoms with Gasteiger partial charge in [0, 0.05) is 18.9 Å². The van der Waals surface area contributed by atoms with E-state index in [2.05, 4.69) is 23.6 Å². The molecule has 0 aromatic carbocycles. The molecule has 0 fully saturated rings. The molecule has 0 aliphatic carbocycles. The van der Waals surface area contributed by atoms with Crippen molar-refractivity contribution in [2.24, 2.45) is 5.92 Å². The summed E-state index contributed by atoms with van der Waals surface area (Å²) in [7, 11) is -3.57. The molecule has 0 aliphatic rings. The zero-order valence-electron chi connectivity index (χ0n) is 11.4. The molecule has 1 heterocycles. The van der Waals surface area contributed by atoms with Gasteiger partial charge in [0.05, 0.1) is 5.02 Å². The third-order valence-electron chi connectivity index (χ3n) is 3.13. The van der Waals surface area contributed by atoms with Crippen molar-refractivity contribution in [3.05, 3.63) is 23.5 Å². The van der Waals surface area contributed by atoms with E-state index in [1.807, 2.05) is 0 Å². The molecule has 6 heteroatoms. The first kappa shape index (κ1) is 16.4. The van der Waals surface area contributed by atoms with Crippen molar-refractivity contribution in [1.82, 2.24) is 9.71 Å². The molecule has 1 aromatic rings. The standard InChI is InChI=1S/C13H21ClN2O2S/c1-3-5-6-11(4-2)9-16-19(17,18)13-10-15-8-7-12(13)14/h7-8,10-11,16H,3-6,9H2,1-2H3. The molecule has 0 saturated heterocycles. The van der Waals surface area contributed by atoms with Gasteiger partial charge in [-0.3, -0.25) is 4.98 Å². The van der Waals surface area contributed by atoms with Crippen LogP contribution in [0.4, 0.5) is 0 Å². The van der Waals surface area contributed by atoms with E-state index in [9.17, 15) is 8.42 Å². The summed E-state index contributed by atoms with van der Waals surface area (Å²) < 4.78 is 26.8. The number of nitrogens with zero attached hydrogens (tertiary/aromatic N) is 1. The Bertz CT molecular complexity index is 491. The average molecular weight is 305 g/mol. The SMILES string of the molecule is CCCCC(CC)CNS(=O)(=O)c1cnccc1Cl.